The first kappa shape index (κ1) is 6.95. The van der Waals surface area contributed by atoms with Gasteiger partial charge in [0.05, 0.1) is 7.11 Å². The van der Waals surface area contributed by atoms with Crippen LogP contribution in [-0.2, 0) is 9.53 Å². The highest BCUT2D eigenvalue weighted by Crippen LogP contribution is 1.97. The molecule has 1 atom stereocenters. The van der Waals surface area contributed by atoms with Gasteiger partial charge in [0, 0.05) is 0 Å². The highest BCUT2D eigenvalue weighted by atomic mass is 79.9. The number of hydrogen-bond donors (Lipinski definition) is 0. The van der Waals surface area contributed by atoms with Crippen molar-refractivity contribution in [3.63, 3.8) is 0 Å². The highest BCUT2D eigenvalue weighted by molar-refractivity contribution is 9.10. The van der Waals surface area contributed by atoms with Crippen LogP contribution in [0, 0.1) is 0 Å². The highest BCUT2D eigenvalue weighted by Gasteiger charge is 2.05. The molecule has 0 N–H and O–H groups in total. The molecule has 0 saturated carbocycles. The minimum absolute atomic E-state index is 0.183. The van der Waals surface area contributed by atoms with Gasteiger partial charge in [-0.1, -0.05) is 15.9 Å². The second-order valence-electron chi connectivity index (χ2n) is 1.14. The van der Waals surface area contributed by atoms with Gasteiger partial charge >= 0.3 is 5.97 Å². The smallest absolute Gasteiger partial charge is 0.319 e. The van der Waals surface area contributed by atoms with E-state index in [4.69, 9.17) is 0 Å². The van der Waals surface area contributed by atoms with Gasteiger partial charge in [-0.15, -0.1) is 0 Å². The van der Waals surface area contributed by atoms with Crippen molar-refractivity contribution >= 4 is 21.9 Å². The molecule has 0 aliphatic heterocycles. The molecule has 0 saturated heterocycles. The first-order valence-electron chi connectivity index (χ1n) is 1.90. The Hall–Kier alpha value is -0.0500. The molecule has 0 unspecified atom stereocenters. The van der Waals surface area contributed by atoms with Crippen molar-refractivity contribution in [3.8, 4) is 0 Å². The van der Waals surface area contributed by atoms with E-state index in [1.54, 1.807) is 6.92 Å². The van der Waals surface area contributed by atoms with Crippen molar-refractivity contribution in [2.75, 3.05) is 7.11 Å². The lowest BCUT2D eigenvalue weighted by molar-refractivity contribution is -0.139. The fraction of sp³-hybridized carbons (Fsp3) is 0.750. The molecule has 7 heavy (non-hydrogen) atoms. The van der Waals surface area contributed by atoms with Gasteiger partial charge in [0.1, 0.15) is 4.83 Å². The quantitative estimate of drug-likeness (QED) is 0.429. The maximum atomic E-state index is 10.2. The van der Waals surface area contributed by atoms with Crippen molar-refractivity contribution < 1.29 is 9.53 Å². The second kappa shape index (κ2) is 3.02. The molecule has 0 aliphatic rings. The zero-order chi connectivity index (χ0) is 5.86. The molecular weight excluding hydrogens is 160 g/mol. The van der Waals surface area contributed by atoms with Crippen molar-refractivity contribution in [2.24, 2.45) is 0 Å². The Kier molecular flexibility index (Phi) is 3.00. The van der Waals surface area contributed by atoms with Gasteiger partial charge in [-0.05, 0) is 6.92 Å². The summed E-state index contributed by atoms with van der Waals surface area (Å²) in [7, 11) is 1.36. The summed E-state index contributed by atoms with van der Waals surface area (Å²) >= 11 is 3.03. The Labute approximate surface area is 51.0 Å². The van der Waals surface area contributed by atoms with Crippen LogP contribution in [-0.4, -0.2) is 17.9 Å². The molecule has 3 heteroatoms. The van der Waals surface area contributed by atoms with Crippen LogP contribution >= 0.6 is 15.9 Å². The third kappa shape index (κ3) is 2.62. The molecule has 0 fully saturated rings. The van der Waals surface area contributed by atoms with Gasteiger partial charge in [0.15, 0.2) is 0 Å². The first-order chi connectivity index (χ1) is 3.18. The number of hydrogen-bond acceptors (Lipinski definition) is 2. The minimum Gasteiger partial charge on any atom is -0.468 e. The number of alkyl halides is 1. The number of carbonyl (C=O) groups is 1. The number of ether oxygens (including phenoxy) is 1. The van der Waals surface area contributed by atoms with E-state index in [2.05, 4.69) is 20.7 Å². The minimum atomic E-state index is -0.236. The van der Waals surface area contributed by atoms with Crippen molar-refractivity contribution in [1.29, 1.82) is 0 Å². The molecule has 0 rings (SSSR count). The van der Waals surface area contributed by atoms with Crippen LogP contribution in [0.1, 0.15) is 6.92 Å². The molecular formula is C4H7BrO2. The van der Waals surface area contributed by atoms with E-state index in [0.717, 1.165) is 0 Å². The van der Waals surface area contributed by atoms with Crippen LogP contribution in [0.3, 0.4) is 0 Å². The second-order valence-corrected chi connectivity index (χ2v) is 2.51. The molecule has 2 nitrogen and oxygen atoms in total. The normalized spacial score (nSPS) is 13.0. The zero-order valence-electron chi connectivity index (χ0n) is 4.27. The average molecular weight is 167 g/mol. The van der Waals surface area contributed by atoms with Crippen LogP contribution in [0.2, 0.25) is 0 Å². The predicted molar refractivity (Wildman–Crippen MR) is 30.4 cm³/mol. The Morgan fingerprint density at radius 1 is 1.86 bits per heavy atom. The van der Waals surface area contributed by atoms with Gasteiger partial charge in [-0.3, -0.25) is 4.79 Å². The fourth-order valence-corrected chi connectivity index (χ4v) is 0.349. The average Bonchev–Trinajstić information content (AvgIpc) is 1.65. The third-order valence-corrected chi connectivity index (χ3v) is 0.900. The van der Waals surface area contributed by atoms with Gasteiger partial charge in [-0.25, -0.2) is 0 Å². The number of esters is 1. The molecule has 0 aromatic carbocycles. The molecule has 0 bridgehead atoms. The van der Waals surface area contributed by atoms with Crippen LogP contribution in [0.5, 0.6) is 0 Å². The van der Waals surface area contributed by atoms with E-state index in [9.17, 15) is 4.79 Å². The molecule has 0 radical (unpaired) electrons. The van der Waals surface area contributed by atoms with Crippen LogP contribution < -0.4 is 0 Å². The van der Waals surface area contributed by atoms with E-state index in [1.807, 2.05) is 0 Å². The zero-order valence-corrected chi connectivity index (χ0v) is 5.86. The van der Waals surface area contributed by atoms with E-state index in [-0.39, 0.29) is 10.8 Å². The maximum absolute atomic E-state index is 10.2. The topological polar surface area (TPSA) is 26.3 Å². The standard InChI is InChI=1S/C4H7BrO2/c1-3(5)4(6)7-2/h3H,1-2H3/t3-/m1/s1. The lowest BCUT2D eigenvalue weighted by atomic mass is 10.5. The SMILES string of the molecule is COC(=O)[C@@H](C)Br. The van der Waals surface area contributed by atoms with Crippen LogP contribution in [0.15, 0.2) is 0 Å². The molecule has 0 spiro atoms. The lowest BCUT2D eigenvalue weighted by Gasteiger charge is -1.96. The van der Waals surface area contributed by atoms with E-state index >= 15 is 0 Å². The van der Waals surface area contributed by atoms with Crippen LogP contribution in [0.4, 0.5) is 0 Å². The molecule has 0 aromatic heterocycles. The summed E-state index contributed by atoms with van der Waals surface area (Å²) in [5.41, 5.74) is 0. The summed E-state index contributed by atoms with van der Waals surface area (Å²) in [4.78, 5) is 10.1. The summed E-state index contributed by atoms with van der Waals surface area (Å²) in [6, 6.07) is 0. The van der Waals surface area contributed by atoms with Gasteiger partial charge in [0.2, 0.25) is 0 Å². The number of methoxy groups -OCH3 is 1. The molecule has 0 aliphatic carbocycles. The summed E-state index contributed by atoms with van der Waals surface area (Å²) in [5, 5.41) is 0. The van der Waals surface area contributed by atoms with E-state index < -0.39 is 0 Å². The molecule has 0 aromatic rings. The fourth-order valence-electron chi connectivity index (χ4n) is 0.162. The summed E-state index contributed by atoms with van der Waals surface area (Å²) < 4.78 is 4.33. The maximum Gasteiger partial charge on any atom is 0.319 e. The van der Waals surface area contributed by atoms with Crippen molar-refractivity contribution in [3.05, 3.63) is 0 Å². The van der Waals surface area contributed by atoms with Crippen LogP contribution in [0.25, 0.3) is 0 Å². The van der Waals surface area contributed by atoms with Gasteiger partial charge < -0.3 is 4.74 Å². The lowest BCUT2D eigenvalue weighted by Crippen LogP contribution is -2.10. The number of halogens is 1. The first-order valence-corrected chi connectivity index (χ1v) is 2.82. The summed E-state index contributed by atoms with van der Waals surface area (Å²) in [6.45, 7) is 1.71. The Morgan fingerprint density at radius 2 is 2.29 bits per heavy atom. The Bertz CT molecular complexity index is 70.1. The van der Waals surface area contributed by atoms with Gasteiger partial charge in [-0.2, -0.15) is 0 Å². The molecule has 42 valence electrons. The summed E-state index contributed by atoms with van der Waals surface area (Å²) in [6.07, 6.45) is 0. The number of rotatable bonds is 1. The molecule has 0 amide bonds. The monoisotopic (exact) mass is 166 g/mol. The van der Waals surface area contributed by atoms with E-state index in [1.165, 1.54) is 7.11 Å². The Morgan fingerprint density at radius 3 is 2.29 bits per heavy atom. The van der Waals surface area contributed by atoms with Crippen molar-refractivity contribution in [1.82, 2.24) is 0 Å². The predicted octanol–water partition coefficient (Wildman–Crippen LogP) is 0.943. The van der Waals surface area contributed by atoms with E-state index in [0.29, 0.717) is 0 Å². The van der Waals surface area contributed by atoms with Crippen molar-refractivity contribution in [2.45, 2.75) is 11.8 Å². The largest absolute Gasteiger partial charge is 0.468 e. The Balaban J connectivity index is 3.35. The van der Waals surface area contributed by atoms with Gasteiger partial charge in [0.25, 0.3) is 0 Å². The third-order valence-electron chi connectivity index (χ3n) is 0.526. The molecule has 0 heterocycles. The number of carbonyl (C=O) groups excluding carboxylic acids is 1. The summed E-state index contributed by atoms with van der Waals surface area (Å²) in [5.74, 6) is -0.236.